The van der Waals surface area contributed by atoms with Crippen molar-refractivity contribution < 1.29 is 19.4 Å². The van der Waals surface area contributed by atoms with Gasteiger partial charge < -0.3 is 15.2 Å². The molecule has 0 bridgehead atoms. The van der Waals surface area contributed by atoms with E-state index in [0.717, 1.165) is 0 Å². The molecule has 0 aliphatic rings. The topological polar surface area (TPSA) is 100 Å². The fourth-order valence-corrected chi connectivity index (χ4v) is 2.48. The first-order valence-corrected chi connectivity index (χ1v) is 8.61. The molecule has 0 unspecified atom stereocenters. The summed E-state index contributed by atoms with van der Waals surface area (Å²) in [7, 11) is 0. The van der Waals surface area contributed by atoms with E-state index in [0.29, 0.717) is 28.1 Å². The minimum absolute atomic E-state index is 0.00869. The van der Waals surface area contributed by atoms with Gasteiger partial charge in [-0.1, -0.05) is 18.2 Å². The van der Waals surface area contributed by atoms with Crippen molar-refractivity contribution in [3.8, 4) is 11.5 Å². The summed E-state index contributed by atoms with van der Waals surface area (Å²) in [5.74, 6) is -0.685. The molecule has 26 heavy (non-hydrogen) atoms. The van der Waals surface area contributed by atoms with E-state index in [2.05, 4.69) is 31.8 Å². The number of anilines is 1. The Balaban J connectivity index is 1.89. The van der Waals surface area contributed by atoms with E-state index in [9.17, 15) is 14.7 Å². The van der Waals surface area contributed by atoms with Gasteiger partial charge in [-0.05, 0) is 52.7 Å². The Hall–Kier alpha value is -2.87. The molecule has 0 fully saturated rings. The second-order valence-electron chi connectivity index (χ2n) is 5.17. The molecule has 8 heteroatoms. The molecule has 2 rings (SSSR count). The van der Waals surface area contributed by atoms with E-state index in [1.54, 1.807) is 43.3 Å². The molecule has 0 radical (unpaired) electrons. The van der Waals surface area contributed by atoms with Crippen LogP contribution in [0.1, 0.15) is 18.9 Å². The minimum atomic E-state index is -0.544. The van der Waals surface area contributed by atoms with Crippen LogP contribution >= 0.6 is 15.9 Å². The standard InChI is InChI=1S/C18H18BrN3O4/c1-2-26-15-9-12(8-14(19)18(15)25)11-20-22-17(24)10-16(23)21-13-6-4-3-5-7-13/h3-9,11,25H,2,10H2,1H3,(H,21,23)(H,22,24)/b20-11+. The third kappa shape index (κ3) is 5.89. The number of carbonyl (C=O) groups is 2. The lowest BCUT2D eigenvalue weighted by Gasteiger charge is -2.08. The summed E-state index contributed by atoms with van der Waals surface area (Å²) < 4.78 is 5.76. The second kappa shape index (κ2) is 9.57. The maximum Gasteiger partial charge on any atom is 0.249 e. The molecular formula is C18H18BrN3O4. The van der Waals surface area contributed by atoms with Crippen LogP contribution in [0.15, 0.2) is 52.0 Å². The number of phenolic OH excluding ortho intramolecular Hbond substituents is 1. The van der Waals surface area contributed by atoms with Crippen LogP contribution in [0.2, 0.25) is 0 Å². The van der Waals surface area contributed by atoms with Gasteiger partial charge in [-0.25, -0.2) is 5.43 Å². The number of carbonyl (C=O) groups excluding carboxylic acids is 2. The molecule has 0 heterocycles. The minimum Gasteiger partial charge on any atom is -0.503 e. The lowest BCUT2D eigenvalue weighted by molar-refractivity contribution is -0.126. The van der Waals surface area contributed by atoms with Crippen molar-refractivity contribution >= 4 is 39.6 Å². The highest BCUT2D eigenvalue weighted by Crippen LogP contribution is 2.34. The average molecular weight is 420 g/mol. The van der Waals surface area contributed by atoms with Gasteiger partial charge in [0.05, 0.1) is 17.3 Å². The smallest absolute Gasteiger partial charge is 0.249 e. The van der Waals surface area contributed by atoms with E-state index in [-0.39, 0.29) is 12.2 Å². The Morgan fingerprint density at radius 1 is 1.23 bits per heavy atom. The molecule has 3 N–H and O–H groups in total. The molecule has 0 saturated carbocycles. The third-order valence-electron chi connectivity index (χ3n) is 3.13. The number of benzene rings is 2. The Morgan fingerprint density at radius 3 is 2.65 bits per heavy atom. The van der Waals surface area contributed by atoms with Crippen LogP contribution in [0, 0.1) is 0 Å². The van der Waals surface area contributed by atoms with Crippen molar-refractivity contribution in [1.82, 2.24) is 5.43 Å². The summed E-state index contributed by atoms with van der Waals surface area (Å²) in [6.45, 7) is 2.20. The molecule has 0 saturated heterocycles. The Bertz CT molecular complexity index is 810. The van der Waals surface area contributed by atoms with E-state index in [4.69, 9.17) is 4.74 Å². The lowest BCUT2D eigenvalue weighted by Crippen LogP contribution is -2.24. The van der Waals surface area contributed by atoms with Gasteiger partial charge in [0.15, 0.2) is 11.5 Å². The first kappa shape index (κ1) is 19.5. The predicted octanol–water partition coefficient (Wildman–Crippen LogP) is 3.03. The van der Waals surface area contributed by atoms with Crippen LogP contribution in [-0.4, -0.2) is 29.7 Å². The van der Waals surface area contributed by atoms with Gasteiger partial charge in [0.2, 0.25) is 11.8 Å². The van der Waals surface area contributed by atoms with Crippen LogP contribution in [0.4, 0.5) is 5.69 Å². The zero-order valence-corrected chi connectivity index (χ0v) is 15.6. The van der Waals surface area contributed by atoms with Gasteiger partial charge in [-0.2, -0.15) is 5.10 Å². The first-order valence-electron chi connectivity index (χ1n) is 7.81. The Morgan fingerprint density at radius 2 is 1.96 bits per heavy atom. The van der Waals surface area contributed by atoms with Crippen molar-refractivity contribution in [2.45, 2.75) is 13.3 Å². The normalized spacial score (nSPS) is 10.5. The van der Waals surface area contributed by atoms with Gasteiger partial charge in [-0.3, -0.25) is 9.59 Å². The number of nitrogens with one attached hydrogen (secondary N) is 2. The van der Waals surface area contributed by atoms with Crippen molar-refractivity contribution in [2.75, 3.05) is 11.9 Å². The van der Waals surface area contributed by atoms with E-state index < -0.39 is 11.8 Å². The van der Waals surface area contributed by atoms with Crippen molar-refractivity contribution in [3.63, 3.8) is 0 Å². The van der Waals surface area contributed by atoms with Gasteiger partial charge >= 0.3 is 0 Å². The average Bonchev–Trinajstić information content (AvgIpc) is 2.60. The summed E-state index contributed by atoms with van der Waals surface area (Å²) in [6, 6.07) is 12.1. The SMILES string of the molecule is CCOc1cc(/C=N/NC(=O)CC(=O)Nc2ccccc2)cc(Br)c1O. The molecule has 0 spiro atoms. The number of hydrogen-bond donors (Lipinski definition) is 3. The molecule has 0 atom stereocenters. The molecule has 2 aromatic carbocycles. The maximum absolute atomic E-state index is 11.8. The van der Waals surface area contributed by atoms with Crippen molar-refractivity contribution in [3.05, 3.63) is 52.5 Å². The van der Waals surface area contributed by atoms with Gasteiger partial charge in [-0.15, -0.1) is 0 Å². The number of amides is 2. The molecule has 7 nitrogen and oxygen atoms in total. The van der Waals surface area contributed by atoms with E-state index >= 15 is 0 Å². The van der Waals surface area contributed by atoms with Crippen molar-refractivity contribution in [1.29, 1.82) is 0 Å². The predicted molar refractivity (Wildman–Crippen MR) is 102 cm³/mol. The maximum atomic E-state index is 11.8. The van der Waals surface area contributed by atoms with Crippen LogP contribution in [0.5, 0.6) is 11.5 Å². The molecule has 0 aliphatic carbocycles. The number of halogens is 1. The molecule has 0 aliphatic heterocycles. The quantitative estimate of drug-likeness (QED) is 0.364. The first-order chi connectivity index (χ1) is 12.5. The second-order valence-corrected chi connectivity index (χ2v) is 6.02. The summed E-state index contributed by atoms with van der Waals surface area (Å²) in [4.78, 5) is 23.5. The van der Waals surface area contributed by atoms with Crippen molar-refractivity contribution in [2.24, 2.45) is 5.10 Å². The number of hydrazone groups is 1. The highest BCUT2D eigenvalue weighted by molar-refractivity contribution is 9.10. The summed E-state index contributed by atoms with van der Waals surface area (Å²) in [5, 5.41) is 16.3. The Kier molecular flexibility index (Phi) is 7.16. The highest BCUT2D eigenvalue weighted by atomic mass is 79.9. The molecule has 0 aromatic heterocycles. The summed E-state index contributed by atoms with van der Waals surface area (Å²) >= 11 is 3.22. The molecule has 2 amide bonds. The molecule has 136 valence electrons. The third-order valence-corrected chi connectivity index (χ3v) is 3.74. The van der Waals surface area contributed by atoms with Gasteiger partial charge in [0, 0.05) is 5.69 Å². The lowest BCUT2D eigenvalue weighted by atomic mass is 10.2. The molecular weight excluding hydrogens is 402 g/mol. The Labute approximate surface area is 159 Å². The zero-order chi connectivity index (χ0) is 18.9. The monoisotopic (exact) mass is 419 g/mol. The number of aromatic hydroxyl groups is 1. The largest absolute Gasteiger partial charge is 0.503 e. The number of ether oxygens (including phenoxy) is 1. The number of phenols is 1. The zero-order valence-electron chi connectivity index (χ0n) is 14.0. The van der Waals surface area contributed by atoms with Crippen LogP contribution in [0.25, 0.3) is 0 Å². The number of para-hydroxylation sites is 1. The van der Waals surface area contributed by atoms with E-state index in [1.807, 2.05) is 6.07 Å². The fraction of sp³-hybridized carbons (Fsp3) is 0.167. The highest BCUT2D eigenvalue weighted by Gasteiger charge is 2.10. The number of rotatable bonds is 7. The fourth-order valence-electron chi connectivity index (χ4n) is 2.02. The van der Waals surface area contributed by atoms with E-state index in [1.165, 1.54) is 6.21 Å². The number of nitrogens with zero attached hydrogens (tertiary/aromatic N) is 1. The van der Waals surface area contributed by atoms with Gasteiger partial charge in [0.1, 0.15) is 6.42 Å². The summed E-state index contributed by atoms with van der Waals surface area (Å²) in [5.41, 5.74) is 3.51. The molecule has 2 aromatic rings. The number of hydrogen-bond acceptors (Lipinski definition) is 5. The van der Waals surface area contributed by atoms with Gasteiger partial charge in [0.25, 0.3) is 0 Å². The van der Waals surface area contributed by atoms with Crippen LogP contribution in [-0.2, 0) is 9.59 Å². The summed E-state index contributed by atoms with van der Waals surface area (Å²) in [6.07, 6.45) is 1.04. The van der Waals surface area contributed by atoms with Crippen LogP contribution in [0.3, 0.4) is 0 Å². The van der Waals surface area contributed by atoms with Crippen LogP contribution < -0.4 is 15.5 Å².